The van der Waals surface area contributed by atoms with Crippen LogP contribution in [-0.4, -0.2) is 17.2 Å². The number of benzene rings is 1. The van der Waals surface area contributed by atoms with E-state index in [1.54, 1.807) is 19.2 Å². The minimum Gasteiger partial charge on any atom is -0.384 e. The van der Waals surface area contributed by atoms with Crippen LogP contribution < -0.4 is 22.6 Å². The number of halogens is 6. The number of nitrogen functional groups attached to an aromatic ring is 1. The number of hydrogen-bond donors (Lipinski definition) is 4. The standard InChI is InChI=1S/C12H11F6N3.C6H8N2.CH3NO/c1-2-3-20-21-10(19)7-4-8(11(13,14)15)6-9(5-7)12(16,17)18;1-5-2-3-6(7)8-4-5;2-1-3/h2-6,20H,1H3,(H2,19,21);2-4H,1H3,(H2,7,8);1H,(H2,2,3)/b3-2-;;. The summed E-state index contributed by atoms with van der Waals surface area (Å²) in [5, 5.41) is 3.45. The van der Waals surface area contributed by atoms with E-state index < -0.39 is 34.9 Å². The zero-order valence-electron chi connectivity index (χ0n) is 17.0. The number of amides is 1. The van der Waals surface area contributed by atoms with Gasteiger partial charge in [-0.2, -0.15) is 31.4 Å². The molecule has 32 heavy (non-hydrogen) atoms. The van der Waals surface area contributed by atoms with E-state index in [0.717, 1.165) is 5.56 Å². The Bertz CT molecular complexity index is 855. The van der Waals surface area contributed by atoms with Crippen molar-refractivity contribution in [3.05, 3.63) is 71.1 Å². The quantitative estimate of drug-likeness (QED) is 0.181. The zero-order chi connectivity index (χ0) is 24.9. The van der Waals surface area contributed by atoms with Gasteiger partial charge in [-0.25, -0.2) is 4.98 Å². The lowest BCUT2D eigenvalue weighted by molar-refractivity contribution is -0.143. The van der Waals surface area contributed by atoms with Crippen LogP contribution in [-0.2, 0) is 17.1 Å². The van der Waals surface area contributed by atoms with E-state index in [2.05, 4.69) is 21.2 Å². The third kappa shape index (κ3) is 10.8. The van der Waals surface area contributed by atoms with Crippen LogP contribution in [0.1, 0.15) is 29.2 Å². The molecule has 0 atom stereocenters. The first kappa shape index (κ1) is 28.2. The van der Waals surface area contributed by atoms with Crippen molar-refractivity contribution in [3.8, 4) is 0 Å². The Hall–Kier alpha value is -3.77. The van der Waals surface area contributed by atoms with E-state index in [9.17, 15) is 26.3 Å². The second-order valence-corrected chi connectivity index (χ2v) is 5.82. The van der Waals surface area contributed by atoms with Gasteiger partial charge in [-0.05, 0) is 43.7 Å². The van der Waals surface area contributed by atoms with Gasteiger partial charge >= 0.3 is 12.4 Å². The molecule has 0 aliphatic rings. The van der Waals surface area contributed by atoms with Crippen molar-refractivity contribution in [2.45, 2.75) is 26.2 Å². The van der Waals surface area contributed by atoms with E-state index in [1.165, 1.54) is 12.3 Å². The van der Waals surface area contributed by atoms with Crippen molar-refractivity contribution in [1.29, 1.82) is 0 Å². The number of carbonyl (C=O) groups excluding carboxylic acids is 1. The second-order valence-electron chi connectivity index (χ2n) is 5.82. The molecule has 1 amide bonds. The number of hydrazone groups is 1. The number of aromatic nitrogens is 1. The summed E-state index contributed by atoms with van der Waals surface area (Å²) in [6, 6.07) is 4.75. The molecule has 1 aromatic carbocycles. The van der Waals surface area contributed by atoms with Crippen LogP contribution >= 0.6 is 0 Å². The van der Waals surface area contributed by atoms with Crippen molar-refractivity contribution in [3.63, 3.8) is 0 Å². The molecule has 2 rings (SSSR count). The average molecular weight is 464 g/mol. The molecule has 2 aromatic rings. The van der Waals surface area contributed by atoms with Gasteiger partial charge in [-0.1, -0.05) is 12.1 Å². The number of aryl methyl sites for hydroxylation is 1. The number of allylic oxidation sites excluding steroid dienone is 1. The smallest absolute Gasteiger partial charge is 0.384 e. The highest BCUT2D eigenvalue weighted by atomic mass is 19.4. The highest BCUT2D eigenvalue weighted by Crippen LogP contribution is 2.36. The first-order valence-electron chi connectivity index (χ1n) is 8.59. The number of anilines is 1. The van der Waals surface area contributed by atoms with E-state index in [1.807, 2.05) is 13.0 Å². The van der Waals surface area contributed by atoms with E-state index >= 15 is 0 Å². The van der Waals surface area contributed by atoms with Crippen LogP contribution in [0.5, 0.6) is 0 Å². The fourth-order valence-electron chi connectivity index (χ4n) is 1.83. The molecule has 0 bridgehead atoms. The van der Waals surface area contributed by atoms with Gasteiger partial charge in [0, 0.05) is 18.0 Å². The Kier molecular flexibility index (Phi) is 11.3. The number of nitrogens with zero attached hydrogens (tertiary/aromatic N) is 2. The monoisotopic (exact) mass is 464 g/mol. The van der Waals surface area contributed by atoms with E-state index in [-0.39, 0.29) is 12.5 Å². The van der Waals surface area contributed by atoms with Gasteiger partial charge in [0.1, 0.15) is 5.82 Å². The van der Waals surface area contributed by atoms with Crippen LogP contribution in [0, 0.1) is 6.92 Å². The Balaban J connectivity index is 0.000000717. The summed E-state index contributed by atoms with van der Waals surface area (Å²) in [6.45, 7) is 3.61. The first-order valence-corrected chi connectivity index (χ1v) is 8.59. The number of primary amides is 1. The van der Waals surface area contributed by atoms with Gasteiger partial charge in [0.05, 0.1) is 11.1 Å². The molecule has 176 valence electrons. The largest absolute Gasteiger partial charge is 0.416 e. The Labute approximate surface area is 180 Å². The molecule has 7 N–H and O–H groups in total. The Morgan fingerprint density at radius 3 is 1.91 bits per heavy atom. The minimum atomic E-state index is -4.92. The second kappa shape index (κ2) is 12.8. The zero-order valence-corrected chi connectivity index (χ0v) is 17.0. The summed E-state index contributed by atoms with van der Waals surface area (Å²) in [6.07, 6.45) is -5.02. The van der Waals surface area contributed by atoms with Crippen molar-refractivity contribution in [1.82, 2.24) is 10.4 Å². The number of nitrogens with two attached hydrogens (primary N) is 3. The van der Waals surface area contributed by atoms with Crippen LogP contribution in [0.4, 0.5) is 32.2 Å². The summed E-state index contributed by atoms with van der Waals surface area (Å²) in [5.74, 6) is 0.0836. The van der Waals surface area contributed by atoms with Gasteiger partial charge in [-0.15, -0.1) is 0 Å². The SMILES string of the molecule is C/C=C\N/N=C(\N)c1cc(C(F)(F)F)cc(C(F)(F)F)c1.Cc1ccc(N)nc1.NC=O. The summed E-state index contributed by atoms with van der Waals surface area (Å²) in [5.41, 5.74) is 14.9. The van der Waals surface area contributed by atoms with Crippen LogP contribution in [0.2, 0.25) is 0 Å². The highest BCUT2D eigenvalue weighted by Gasteiger charge is 2.37. The molecule has 7 nitrogen and oxygen atoms in total. The minimum absolute atomic E-state index is 0.0240. The fraction of sp³-hybridized carbons (Fsp3) is 0.211. The maximum Gasteiger partial charge on any atom is 0.416 e. The highest BCUT2D eigenvalue weighted by molar-refractivity contribution is 5.97. The number of nitrogens with one attached hydrogen (secondary N) is 1. The molecule has 1 aromatic heterocycles. The third-order valence-electron chi connectivity index (χ3n) is 3.24. The number of alkyl halides is 6. The summed E-state index contributed by atoms with van der Waals surface area (Å²) < 4.78 is 75.8. The predicted molar refractivity (Wildman–Crippen MR) is 109 cm³/mol. The van der Waals surface area contributed by atoms with Gasteiger partial charge in [-0.3, -0.25) is 10.2 Å². The van der Waals surface area contributed by atoms with E-state index in [4.69, 9.17) is 16.3 Å². The third-order valence-corrected chi connectivity index (χ3v) is 3.24. The predicted octanol–water partition coefficient (Wildman–Crippen LogP) is 3.54. The number of hydrogen-bond acceptors (Lipinski definition) is 5. The molecule has 0 radical (unpaired) electrons. The molecule has 0 fully saturated rings. The van der Waals surface area contributed by atoms with Crippen molar-refractivity contribution in [2.75, 3.05) is 5.73 Å². The van der Waals surface area contributed by atoms with Gasteiger partial charge < -0.3 is 17.2 Å². The molecule has 0 aliphatic carbocycles. The van der Waals surface area contributed by atoms with Crippen LogP contribution in [0.25, 0.3) is 0 Å². The number of rotatable bonds is 3. The van der Waals surface area contributed by atoms with Crippen molar-refractivity contribution < 1.29 is 31.1 Å². The normalized spacial score (nSPS) is 11.7. The molecule has 0 unspecified atom stereocenters. The van der Waals surface area contributed by atoms with Gasteiger partial charge in [0.25, 0.3) is 0 Å². The topological polar surface area (TPSA) is 132 Å². The first-order chi connectivity index (χ1) is 14.8. The number of carbonyl (C=O) groups is 1. The van der Waals surface area contributed by atoms with Gasteiger partial charge in [0.2, 0.25) is 6.41 Å². The molecule has 13 heteroatoms. The summed E-state index contributed by atoms with van der Waals surface area (Å²) in [4.78, 5) is 12.4. The lowest BCUT2D eigenvalue weighted by atomic mass is 10.0. The average Bonchev–Trinajstić information content (AvgIpc) is 2.70. The lowest BCUT2D eigenvalue weighted by Gasteiger charge is -2.13. The van der Waals surface area contributed by atoms with Crippen LogP contribution in [0.15, 0.2) is 53.9 Å². The summed E-state index contributed by atoms with van der Waals surface area (Å²) in [7, 11) is 0. The maximum atomic E-state index is 12.6. The summed E-state index contributed by atoms with van der Waals surface area (Å²) >= 11 is 0. The van der Waals surface area contributed by atoms with Crippen molar-refractivity contribution in [2.24, 2.45) is 16.6 Å². The maximum absolute atomic E-state index is 12.6. The molecule has 1 heterocycles. The van der Waals surface area contributed by atoms with Crippen LogP contribution in [0.3, 0.4) is 0 Å². The molecule has 0 aliphatic heterocycles. The molecular formula is C19H22F6N6O. The lowest BCUT2D eigenvalue weighted by Crippen LogP contribution is -2.20. The number of pyridine rings is 1. The van der Waals surface area contributed by atoms with Gasteiger partial charge in [0.15, 0.2) is 5.84 Å². The van der Waals surface area contributed by atoms with Crippen molar-refractivity contribution >= 4 is 18.1 Å². The Morgan fingerprint density at radius 2 is 1.56 bits per heavy atom. The molecule has 0 saturated heterocycles. The molecule has 0 spiro atoms. The Morgan fingerprint density at radius 1 is 1.06 bits per heavy atom. The van der Waals surface area contributed by atoms with E-state index in [0.29, 0.717) is 18.0 Å². The molecular weight excluding hydrogens is 442 g/mol. The number of amidine groups is 1. The molecule has 0 saturated carbocycles. The fourth-order valence-corrected chi connectivity index (χ4v) is 1.83.